The van der Waals surface area contributed by atoms with Gasteiger partial charge in [-0.05, 0) is 18.6 Å². The fraction of sp³-hybridized carbons (Fsp3) is 0.385. The first-order valence-corrected chi connectivity index (χ1v) is 6.82. The number of hydrogen-bond donors (Lipinski definition) is 0. The zero-order valence-corrected chi connectivity index (χ0v) is 11.8. The number of carbonyl (C=O) groups is 1. The Morgan fingerprint density at radius 3 is 3.00 bits per heavy atom. The van der Waals surface area contributed by atoms with Gasteiger partial charge >= 0.3 is 0 Å². The minimum atomic E-state index is 0.249. The molecule has 0 saturated carbocycles. The monoisotopic (exact) mass is 307 g/mol. The molecule has 1 saturated heterocycles. The normalized spacial score (nSPS) is 15.9. The number of amides is 1. The van der Waals surface area contributed by atoms with Crippen molar-refractivity contribution >= 4 is 32.7 Å². The molecule has 1 aliphatic heterocycles. The van der Waals surface area contributed by atoms with Gasteiger partial charge in [0.2, 0.25) is 5.91 Å². The highest BCUT2D eigenvalue weighted by molar-refractivity contribution is 9.10. The van der Waals surface area contributed by atoms with Crippen LogP contribution in [-0.2, 0) is 18.4 Å². The molecule has 2 aromatic rings. The van der Waals surface area contributed by atoms with E-state index in [1.54, 1.807) is 0 Å². The molecule has 3 rings (SSSR count). The van der Waals surface area contributed by atoms with Gasteiger partial charge in [0.1, 0.15) is 0 Å². The molecule has 0 aliphatic carbocycles. The summed E-state index contributed by atoms with van der Waals surface area (Å²) in [6.45, 7) is 1.52. The van der Waals surface area contributed by atoms with Crippen LogP contribution in [0.5, 0.6) is 0 Å². The van der Waals surface area contributed by atoms with Crippen molar-refractivity contribution in [3.05, 3.63) is 28.4 Å². The SMILES string of the molecule is Cn1cc2cc(Br)cc(CN3CCCC3=O)c2n1. The highest BCUT2D eigenvalue weighted by Gasteiger charge is 2.21. The van der Waals surface area contributed by atoms with Crippen molar-refractivity contribution in [1.82, 2.24) is 14.7 Å². The van der Waals surface area contributed by atoms with Crippen LogP contribution in [0.25, 0.3) is 10.9 Å². The van der Waals surface area contributed by atoms with E-state index >= 15 is 0 Å². The third-order valence-electron chi connectivity index (χ3n) is 3.30. The van der Waals surface area contributed by atoms with Crippen LogP contribution in [0.4, 0.5) is 0 Å². The van der Waals surface area contributed by atoms with Crippen LogP contribution < -0.4 is 0 Å². The summed E-state index contributed by atoms with van der Waals surface area (Å²) < 4.78 is 2.84. The van der Waals surface area contributed by atoms with E-state index in [2.05, 4.69) is 33.2 Å². The summed E-state index contributed by atoms with van der Waals surface area (Å²) in [6, 6.07) is 4.11. The van der Waals surface area contributed by atoms with Gasteiger partial charge in [0.25, 0.3) is 0 Å². The van der Waals surface area contributed by atoms with E-state index in [0.29, 0.717) is 13.0 Å². The van der Waals surface area contributed by atoms with Gasteiger partial charge in [0.05, 0.1) is 5.52 Å². The van der Waals surface area contributed by atoms with Crippen molar-refractivity contribution in [1.29, 1.82) is 0 Å². The van der Waals surface area contributed by atoms with Gasteiger partial charge in [-0.1, -0.05) is 15.9 Å². The fourth-order valence-corrected chi connectivity index (χ4v) is 3.01. The maximum Gasteiger partial charge on any atom is 0.222 e. The van der Waals surface area contributed by atoms with Gasteiger partial charge in [0.15, 0.2) is 0 Å². The van der Waals surface area contributed by atoms with Crippen LogP contribution in [0.2, 0.25) is 0 Å². The van der Waals surface area contributed by atoms with Gasteiger partial charge in [-0.15, -0.1) is 0 Å². The molecule has 1 fully saturated rings. The van der Waals surface area contributed by atoms with Crippen molar-refractivity contribution in [2.24, 2.45) is 7.05 Å². The topological polar surface area (TPSA) is 38.1 Å². The quantitative estimate of drug-likeness (QED) is 0.855. The summed E-state index contributed by atoms with van der Waals surface area (Å²) in [5, 5.41) is 5.58. The molecule has 0 N–H and O–H groups in total. The minimum Gasteiger partial charge on any atom is -0.338 e. The van der Waals surface area contributed by atoms with Crippen LogP contribution in [0.3, 0.4) is 0 Å². The lowest BCUT2D eigenvalue weighted by Gasteiger charge is -2.15. The lowest BCUT2D eigenvalue weighted by atomic mass is 10.1. The van der Waals surface area contributed by atoms with Crippen molar-refractivity contribution in [3.8, 4) is 0 Å². The van der Waals surface area contributed by atoms with Gasteiger partial charge in [-0.2, -0.15) is 5.10 Å². The van der Waals surface area contributed by atoms with E-state index in [1.165, 1.54) is 0 Å². The van der Waals surface area contributed by atoms with Gasteiger partial charge in [-0.3, -0.25) is 9.48 Å². The van der Waals surface area contributed by atoms with Crippen LogP contribution in [0, 0.1) is 0 Å². The number of aromatic nitrogens is 2. The van der Waals surface area contributed by atoms with Gasteiger partial charge in [0, 0.05) is 48.2 Å². The molecule has 1 amide bonds. The molecule has 0 unspecified atom stereocenters. The van der Waals surface area contributed by atoms with Crippen LogP contribution in [0.1, 0.15) is 18.4 Å². The molecular formula is C13H14BrN3O. The Kier molecular flexibility index (Phi) is 2.86. The maximum atomic E-state index is 11.7. The number of benzene rings is 1. The molecule has 2 heterocycles. The number of halogens is 1. The maximum absolute atomic E-state index is 11.7. The Bertz CT molecular complexity index is 620. The minimum absolute atomic E-state index is 0.249. The van der Waals surface area contributed by atoms with Crippen molar-refractivity contribution in [3.63, 3.8) is 0 Å². The summed E-state index contributed by atoms with van der Waals surface area (Å²) in [5.74, 6) is 0.249. The van der Waals surface area contributed by atoms with E-state index < -0.39 is 0 Å². The Morgan fingerprint density at radius 1 is 1.44 bits per heavy atom. The number of likely N-dealkylation sites (tertiary alicyclic amines) is 1. The third kappa shape index (κ3) is 2.03. The molecular weight excluding hydrogens is 294 g/mol. The molecule has 0 spiro atoms. The molecule has 1 aromatic carbocycles. The molecule has 1 aromatic heterocycles. The number of rotatable bonds is 2. The molecule has 4 nitrogen and oxygen atoms in total. The predicted molar refractivity (Wildman–Crippen MR) is 73.1 cm³/mol. The highest BCUT2D eigenvalue weighted by atomic mass is 79.9. The predicted octanol–water partition coefficient (Wildman–Crippen LogP) is 2.46. The smallest absolute Gasteiger partial charge is 0.222 e. The first kappa shape index (κ1) is 11.7. The van der Waals surface area contributed by atoms with Crippen molar-refractivity contribution < 1.29 is 4.79 Å². The van der Waals surface area contributed by atoms with Crippen LogP contribution in [0.15, 0.2) is 22.8 Å². The van der Waals surface area contributed by atoms with E-state index in [0.717, 1.165) is 33.9 Å². The zero-order chi connectivity index (χ0) is 12.7. The lowest BCUT2D eigenvalue weighted by molar-refractivity contribution is -0.128. The molecule has 1 aliphatic rings. The summed E-state index contributed by atoms with van der Waals surface area (Å²) in [6.07, 6.45) is 3.65. The third-order valence-corrected chi connectivity index (χ3v) is 3.76. The first-order chi connectivity index (χ1) is 8.63. The zero-order valence-electron chi connectivity index (χ0n) is 10.2. The summed E-state index contributed by atoms with van der Waals surface area (Å²) in [7, 11) is 1.92. The second-order valence-electron chi connectivity index (χ2n) is 4.72. The second kappa shape index (κ2) is 4.39. The van der Waals surface area contributed by atoms with Gasteiger partial charge < -0.3 is 4.90 Å². The average Bonchev–Trinajstić information content (AvgIpc) is 2.85. The van der Waals surface area contributed by atoms with E-state index in [1.807, 2.05) is 22.8 Å². The molecule has 94 valence electrons. The molecule has 0 atom stereocenters. The first-order valence-electron chi connectivity index (χ1n) is 6.03. The summed E-state index contributed by atoms with van der Waals surface area (Å²) >= 11 is 3.52. The highest BCUT2D eigenvalue weighted by Crippen LogP contribution is 2.25. The van der Waals surface area contributed by atoms with E-state index in [4.69, 9.17) is 0 Å². The van der Waals surface area contributed by atoms with E-state index in [-0.39, 0.29) is 5.91 Å². The number of aryl methyl sites for hydroxylation is 1. The average molecular weight is 308 g/mol. The number of carbonyl (C=O) groups excluding carboxylic acids is 1. The molecule has 0 radical (unpaired) electrons. The molecule has 0 bridgehead atoms. The van der Waals surface area contributed by atoms with Crippen LogP contribution >= 0.6 is 15.9 Å². The van der Waals surface area contributed by atoms with Crippen molar-refractivity contribution in [2.75, 3.05) is 6.54 Å². The van der Waals surface area contributed by atoms with Crippen LogP contribution in [-0.4, -0.2) is 27.1 Å². The standard InChI is InChI=1S/C13H14BrN3O/c1-16-7-9-5-11(14)6-10(13(9)15-16)8-17-4-2-3-12(17)18/h5-7H,2-4,8H2,1H3. The Morgan fingerprint density at radius 2 is 2.28 bits per heavy atom. The molecule has 5 heteroatoms. The molecule has 18 heavy (non-hydrogen) atoms. The number of nitrogens with zero attached hydrogens (tertiary/aromatic N) is 3. The van der Waals surface area contributed by atoms with E-state index in [9.17, 15) is 4.79 Å². The Hall–Kier alpha value is -1.36. The van der Waals surface area contributed by atoms with Crippen molar-refractivity contribution in [2.45, 2.75) is 19.4 Å². The van der Waals surface area contributed by atoms with Gasteiger partial charge in [-0.25, -0.2) is 0 Å². The Labute approximate surface area is 114 Å². The number of hydrogen-bond acceptors (Lipinski definition) is 2. The lowest BCUT2D eigenvalue weighted by Crippen LogP contribution is -2.24. The largest absolute Gasteiger partial charge is 0.338 e. The fourth-order valence-electron chi connectivity index (χ4n) is 2.48. The second-order valence-corrected chi connectivity index (χ2v) is 5.64. The number of fused-ring (bicyclic) bond motifs is 1. The summed E-state index contributed by atoms with van der Waals surface area (Å²) in [4.78, 5) is 13.6. The Balaban J connectivity index is 2.02. The summed E-state index contributed by atoms with van der Waals surface area (Å²) in [5.41, 5.74) is 2.09.